The molecule has 0 bridgehead atoms. The molecule has 1 N–H and O–H groups in total. The lowest BCUT2D eigenvalue weighted by molar-refractivity contribution is 0.154. The smallest absolute Gasteiger partial charge is 0.0552 e. The van der Waals surface area contributed by atoms with E-state index in [1.807, 2.05) is 0 Å². The minimum Gasteiger partial charge on any atom is -0.393 e. The Hall–Kier alpha value is 0.250. The lowest BCUT2D eigenvalue weighted by Gasteiger charge is -2.22. The van der Waals surface area contributed by atoms with E-state index in [9.17, 15) is 5.11 Å². The summed E-state index contributed by atoms with van der Waals surface area (Å²) in [5, 5.41) is 10.0. The van der Waals surface area contributed by atoms with Crippen LogP contribution in [0.1, 0.15) is 38.5 Å². The molecule has 0 aromatic carbocycles. The molecule has 3 saturated carbocycles. The summed E-state index contributed by atoms with van der Waals surface area (Å²) in [5.74, 6) is 0. The van der Waals surface area contributed by atoms with Crippen LogP contribution in [0.4, 0.5) is 0 Å². The predicted octanol–water partition coefficient (Wildman–Crippen LogP) is 2.31. The molecule has 0 amide bonds. The Morgan fingerprint density at radius 3 is 2.08 bits per heavy atom. The molecule has 0 aliphatic heterocycles. The van der Waals surface area contributed by atoms with Crippen molar-refractivity contribution >= 4 is 11.6 Å². The summed E-state index contributed by atoms with van der Waals surface area (Å²) in [7, 11) is 0. The van der Waals surface area contributed by atoms with Gasteiger partial charge in [-0.05, 0) is 36.5 Å². The van der Waals surface area contributed by atoms with Crippen molar-refractivity contribution in [3.8, 4) is 0 Å². The molecular weight excluding hydrogens is 172 g/mol. The predicted molar refractivity (Wildman–Crippen MR) is 48.2 cm³/mol. The van der Waals surface area contributed by atoms with Gasteiger partial charge in [-0.15, -0.1) is 11.6 Å². The minimum atomic E-state index is -0.0434. The zero-order chi connectivity index (χ0) is 8.40. The highest BCUT2D eigenvalue weighted by Crippen LogP contribution is 2.81. The standard InChI is InChI=1S/C10H15ClO/c11-8-9-3-1-2-4-10(8,9)6-7(12)5-9/h7-8,12H,1-6H2/t7?,8?,9-,10+. The quantitative estimate of drug-likeness (QED) is 0.576. The second kappa shape index (κ2) is 2.01. The zero-order valence-corrected chi connectivity index (χ0v) is 7.98. The van der Waals surface area contributed by atoms with Crippen molar-refractivity contribution in [2.24, 2.45) is 10.8 Å². The molecule has 0 saturated heterocycles. The fraction of sp³-hybridized carbons (Fsp3) is 1.00. The summed E-state index contributed by atoms with van der Waals surface area (Å²) in [6.45, 7) is 0. The number of hydrogen-bond acceptors (Lipinski definition) is 1. The zero-order valence-electron chi connectivity index (χ0n) is 7.22. The normalized spacial score (nSPS) is 62.5. The summed E-state index contributed by atoms with van der Waals surface area (Å²) < 4.78 is 0. The lowest BCUT2D eigenvalue weighted by Crippen LogP contribution is -2.12. The number of aliphatic hydroxyl groups excluding tert-OH is 1. The maximum absolute atomic E-state index is 9.61. The first-order valence-electron chi connectivity index (χ1n) is 5.03. The molecule has 68 valence electrons. The first kappa shape index (κ1) is 7.64. The molecule has 1 nitrogen and oxygen atoms in total. The topological polar surface area (TPSA) is 20.2 Å². The number of alkyl halides is 1. The van der Waals surface area contributed by atoms with Crippen LogP contribution in [-0.4, -0.2) is 16.6 Å². The Bertz CT molecular complexity index is 208. The fourth-order valence-corrected chi connectivity index (χ4v) is 4.81. The largest absolute Gasteiger partial charge is 0.393 e. The highest BCUT2D eigenvalue weighted by atomic mass is 35.5. The van der Waals surface area contributed by atoms with E-state index < -0.39 is 0 Å². The van der Waals surface area contributed by atoms with Gasteiger partial charge in [0, 0.05) is 5.38 Å². The van der Waals surface area contributed by atoms with Gasteiger partial charge in [0.05, 0.1) is 6.10 Å². The molecular formula is C10H15ClO. The molecule has 0 spiro atoms. The van der Waals surface area contributed by atoms with Gasteiger partial charge in [-0.25, -0.2) is 0 Å². The van der Waals surface area contributed by atoms with E-state index in [0.29, 0.717) is 16.2 Å². The average molecular weight is 187 g/mol. The van der Waals surface area contributed by atoms with Gasteiger partial charge < -0.3 is 5.11 Å². The van der Waals surface area contributed by atoms with Crippen molar-refractivity contribution < 1.29 is 5.11 Å². The monoisotopic (exact) mass is 186 g/mol. The molecule has 2 heteroatoms. The van der Waals surface area contributed by atoms with Gasteiger partial charge in [0.25, 0.3) is 0 Å². The number of halogens is 1. The molecule has 4 atom stereocenters. The van der Waals surface area contributed by atoms with Crippen LogP contribution in [0, 0.1) is 10.8 Å². The lowest BCUT2D eigenvalue weighted by atomic mass is 9.82. The highest BCUT2D eigenvalue weighted by Gasteiger charge is 2.79. The summed E-state index contributed by atoms with van der Waals surface area (Å²) in [5.41, 5.74) is 0.762. The van der Waals surface area contributed by atoms with Crippen molar-refractivity contribution in [2.75, 3.05) is 0 Å². The van der Waals surface area contributed by atoms with E-state index >= 15 is 0 Å². The minimum absolute atomic E-state index is 0.0434. The van der Waals surface area contributed by atoms with Crippen LogP contribution in [0.25, 0.3) is 0 Å². The van der Waals surface area contributed by atoms with Gasteiger partial charge in [-0.1, -0.05) is 12.8 Å². The Morgan fingerprint density at radius 1 is 1.08 bits per heavy atom. The van der Waals surface area contributed by atoms with E-state index in [0.717, 1.165) is 12.8 Å². The third-order valence-electron chi connectivity index (χ3n) is 4.57. The van der Waals surface area contributed by atoms with Crippen LogP contribution in [-0.2, 0) is 0 Å². The Kier molecular flexibility index (Phi) is 1.28. The second-order valence-corrected chi connectivity index (χ2v) is 5.38. The molecule has 2 unspecified atom stereocenters. The summed E-state index contributed by atoms with van der Waals surface area (Å²) in [6, 6.07) is 0. The maximum atomic E-state index is 9.61. The van der Waals surface area contributed by atoms with E-state index in [2.05, 4.69) is 0 Å². The van der Waals surface area contributed by atoms with E-state index in [-0.39, 0.29) is 6.10 Å². The molecule has 0 aromatic rings. The Balaban J connectivity index is 1.96. The van der Waals surface area contributed by atoms with Gasteiger partial charge in [0.1, 0.15) is 0 Å². The maximum Gasteiger partial charge on any atom is 0.0552 e. The molecule has 3 rings (SSSR count). The summed E-state index contributed by atoms with van der Waals surface area (Å²) in [4.78, 5) is 0. The number of rotatable bonds is 0. The molecule has 12 heavy (non-hydrogen) atoms. The van der Waals surface area contributed by atoms with Crippen molar-refractivity contribution in [2.45, 2.75) is 50.0 Å². The van der Waals surface area contributed by atoms with Crippen LogP contribution >= 0.6 is 11.6 Å². The average Bonchev–Trinajstić information content (AvgIpc) is 2.42. The van der Waals surface area contributed by atoms with Crippen molar-refractivity contribution in [3.63, 3.8) is 0 Å². The van der Waals surface area contributed by atoms with Gasteiger partial charge in [-0.3, -0.25) is 0 Å². The summed E-state index contributed by atoms with van der Waals surface area (Å²) >= 11 is 6.36. The number of aliphatic hydroxyl groups is 1. The van der Waals surface area contributed by atoms with Crippen LogP contribution in [0.3, 0.4) is 0 Å². The van der Waals surface area contributed by atoms with E-state index in [1.165, 1.54) is 25.7 Å². The van der Waals surface area contributed by atoms with Crippen LogP contribution < -0.4 is 0 Å². The van der Waals surface area contributed by atoms with Crippen LogP contribution in [0.5, 0.6) is 0 Å². The van der Waals surface area contributed by atoms with Crippen molar-refractivity contribution in [1.29, 1.82) is 0 Å². The number of hydrogen-bond donors (Lipinski definition) is 1. The third-order valence-corrected chi connectivity index (χ3v) is 5.41. The van der Waals surface area contributed by atoms with Crippen LogP contribution in [0.15, 0.2) is 0 Å². The van der Waals surface area contributed by atoms with Crippen LogP contribution in [0.2, 0.25) is 0 Å². The molecule has 0 aromatic heterocycles. The summed E-state index contributed by atoms with van der Waals surface area (Å²) in [6.07, 6.45) is 7.15. The molecule has 3 aliphatic rings. The van der Waals surface area contributed by atoms with Gasteiger partial charge in [0.15, 0.2) is 0 Å². The molecule has 0 heterocycles. The molecule has 3 aliphatic carbocycles. The molecule has 3 fully saturated rings. The van der Waals surface area contributed by atoms with Gasteiger partial charge in [-0.2, -0.15) is 0 Å². The van der Waals surface area contributed by atoms with E-state index in [1.54, 1.807) is 0 Å². The van der Waals surface area contributed by atoms with Gasteiger partial charge in [0.2, 0.25) is 0 Å². The van der Waals surface area contributed by atoms with Crippen molar-refractivity contribution in [3.05, 3.63) is 0 Å². The second-order valence-electron chi connectivity index (χ2n) is 4.94. The molecule has 0 radical (unpaired) electrons. The first-order valence-corrected chi connectivity index (χ1v) is 5.47. The Labute approximate surface area is 78.1 Å². The fourth-order valence-electron chi connectivity index (χ4n) is 4.04. The SMILES string of the molecule is OC1C[C@]23CCCC[C@@]2(C1)C3Cl. The highest BCUT2D eigenvalue weighted by molar-refractivity contribution is 6.24. The van der Waals surface area contributed by atoms with E-state index in [4.69, 9.17) is 11.6 Å². The van der Waals surface area contributed by atoms with Crippen molar-refractivity contribution in [1.82, 2.24) is 0 Å². The third kappa shape index (κ3) is 0.599. The first-order chi connectivity index (χ1) is 5.71. The van der Waals surface area contributed by atoms with Gasteiger partial charge >= 0.3 is 0 Å². The Morgan fingerprint density at radius 2 is 1.58 bits per heavy atom.